The van der Waals surface area contributed by atoms with Crippen LogP contribution in [0.2, 0.25) is 5.02 Å². The third kappa shape index (κ3) is 3.17. The molecule has 1 aromatic carbocycles. The van der Waals surface area contributed by atoms with Crippen LogP contribution in [0, 0.1) is 5.41 Å². The van der Waals surface area contributed by atoms with E-state index in [9.17, 15) is 0 Å². The van der Waals surface area contributed by atoms with Crippen molar-refractivity contribution in [3.8, 4) is 0 Å². The largest absolute Gasteiger partial charge is 0.371 e. The molecule has 0 N–H and O–H groups in total. The third-order valence-electron chi connectivity index (χ3n) is 3.43. The first-order valence-corrected chi connectivity index (χ1v) is 7.61. The van der Waals surface area contributed by atoms with Crippen LogP contribution in [0.4, 0.5) is 5.69 Å². The molecule has 1 nitrogen and oxygen atoms in total. The van der Waals surface area contributed by atoms with E-state index < -0.39 is 0 Å². The van der Waals surface area contributed by atoms with Crippen molar-refractivity contribution >= 4 is 33.2 Å². The lowest BCUT2D eigenvalue weighted by Gasteiger charge is -2.40. The first-order valence-electron chi connectivity index (χ1n) is 6.11. The van der Waals surface area contributed by atoms with Gasteiger partial charge in [-0.15, -0.1) is 0 Å². The van der Waals surface area contributed by atoms with Crippen molar-refractivity contribution in [2.75, 3.05) is 18.0 Å². The third-order valence-corrected chi connectivity index (χ3v) is 4.27. The van der Waals surface area contributed by atoms with Crippen LogP contribution >= 0.6 is 27.5 Å². The fourth-order valence-electron chi connectivity index (χ4n) is 2.57. The van der Waals surface area contributed by atoms with E-state index >= 15 is 0 Å². The number of rotatable bonds is 2. The van der Waals surface area contributed by atoms with Gasteiger partial charge in [-0.2, -0.15) is 0 Å². The summed E-state index contributed by atoms with van der Waals surface area (Å²) >= 11 is 9.68. The Labute approximate surface area is 117 Å². The molecule has 0 aliphatic carbocycles. The van der Waals surface area contributed by atoms with Crippen molar-refractivity contribution in [1.82, 2.24) is 0 Å². The summed E-state index contributed by atoms with van der Waals surface area (Å²) in [5.41, 5.74) is 3.03. The molecule has 17 heavy (non-hydrogen) atoms. The summed E-state index contributed by atoms with van der Waals surface area (Å²) in [5.74, 6) is 0. The zero-order chi connectivity index (χ0) is 12.5. The van der Waals surface area contributed by atoms with Gasteiger partial charge in [0.05, 0.1) is 0 Å². The number of anilines is 1. The Hall–Kier alpha value is -0.210. The van der Waals surface area contributed by atoms with Gasteiger partial charge >= 0.3 is 0 Å². The summed E-state index contributed by atoms with van der Waals surface area (Å²) in [4.78, 5) is 2.48. The van der Waals surface area contributed by atoms with Gasteiger partial charge in [0.1, 0.15) is 0 Å². The van der Waals surface area contributed by atoms with Crippen LogP contribution in [0.5, 0.6) is 0 Å². The van der Waals surface area contributed by atoms with Crippen LogP contribution in [-0.2, 0) is 5.33 Å². The Morgan fingerprint density at radius 1 is 1.41 bits per heavy atom. The fourth-order valence-corrected chi connectivity index (χ4v) is 3.21. The van der Waals surface area contributed by atoms with E-state index in [1.165, 1.54) is 24.1 Å². The van der Waals surface area contributed by atoms with Gasteiger partial charge in [-0.25, -0.2) is 0 Å². The van der Waals surface area contributed by atoms with Crippen LogP contribution in [0.15, 0.2) is 18.2 Å². The summed E-state index contributed by atoms with van der Waals surface area (Å²) in [6.07, 6.45) is 2.58. The van der Waals surface area contributed by atoms with Gasteiger partial charge in [0.25, 0.3) is 0 Å². The van der Waals surface area contributed by atoms with E-state index in [1.807, 2.05) is 6.07 Å². The summed E-state index contributed by atoms with van der Waals surface area (Å²) in [6.45, 7) is 6.95. The summed E-state index contributed by atoms with van der Waals surface area (Å²) in [7, 11) is 0. The number of hydrogen-bond acceptors (Lipinski definition) is 1. The van der Waals surface area contributed by atoms with E-state index in [1.54, 1.807) is 0 Å². The van der Waals surface area contributed by atoms with Gasteiger partial charge in [-0.1, -0.05) is 47.4 Å². The second-order valence-electron chi connectivity index (χ2n) is 5.60. The normalized spacial score (nSPS) is 19.4. The molecular formula is C14H19BrClN. The number of halogens is 2. The molecule has 0 bridgehead atoms. The van der Waals surface area contributed by atoms with E-state index in [-0.39, 0.29) is 0 Å². The Bertz CT molecular complexity index is 403. The molecule has 1 heterocycles. The SMILES string of the molecule is CC1(C)CCCN(c2cc(Cl)ccc2CBr)C1. The van der Waals surface area contributed by atoms with Crippen LogP contribution < -0.4 is 4.90 Å². The number of alkyl halides is 1. The minimum atomic E-state index is 0.407. The van der Waals surface area contributed by atoms with Crippen molar-refractivity contribution in [3.63, 3.8) is 0 Å². The number of piperidine rings is 1. The highest BCUT2D eigenvalue weighted by Gasteiger charge is 2.27. The zero-order valence-electron chi connectivity index (χ0n) is 10.5. The average Bonchev–Trinajstić information content (AvgIpc) is 2.27. The van der Waals surface area contributed by atoms with Gasteiger partial charge < -0.3 is 4.90 Å². The number of benzene rings is 1. The molecule has 1 aliphatic heterocycles. The molecule has 0 radical (unpaired) electrons. The maximum Gasteiger partial charge on any atom is 0.0426 e. The molecule has 0 aromatic heterocycles. The van der Waals surface area contributed by atoms with Crippen molar-refractivity contribution in [2.24, 2.45) is 5.41 Å². The second kappa shape index (κ2) is 5.19. The molecule has 0 spiro atoms. The molecule has 0 unspecified atom stereocenters. The van der Waals surface area contributed by atoms with Gasteiger partial charge in [0.2, 0.25) is 0 Å². The Morgan fingerprint density at radius 3 is 2.82 bits per heavy atom. The fraction of sp³-hybridized carbons (Fsp3) is 0.571. The number of hydrogen-bond donors (Lipinski definition) is 0. The number of nitrogens with zero attached hydrogens (tertiary/aromatic N) is 1. The lowest BCUT2D eigenvalue weighted by molar-refractivity contribution is 0.293. The zero-order valence-corrected chi connectivity index (χ0v) is 12.8. The molecular weight excluding hydrogens is 298 g/mol. The van der Waals surface area contributed by atoms with Crippen molar-refractivity contribution in [1.29, 1.82) is 0 Å². The highest BCUT2D eigenvalue weighted by atomic mass is 79.9. The lowest BCUT2D eigenvalue weighted by Crippen LogP contribution is -2.40. The summed E-state index contributed by atoms with van der Waals surface area (Å²) in [5, 5.41) is 1.71. The topological polar surface area (TPSA) is 3.24 Å². The van der Waals surface area contributed by atoms with E-state index in [0.29, 0.717) is 5.41 Å². The molecule has 2 rings (SSSR count). The highest BCUT2D eigenvalue weighted by Crippen LogP contribution is 2.34. The summed E-state index contributed by atoms with van der Waals surface area (Å²) in [6, 6.07) is 6.18. The Kier molecular flexibility index (Phi) is 4.04. The van der Waals surface area contributed by atoms with Crippen LogP contribution in [0.3, 0.4) is 0 Å². The quantitative estimate of drug-likeness (QED) is 0.704. The molecule has 3 heteroatoms. The maximum atomic E-state index is 6.12. The van der Waals surface area contributed by atoms with Crippen molar-refractivity contribution in [2.45, 2.75) is 32.0 Å². The molecule has 1 aromatic rings. The molecule has 0 atom stereocenters. The smallest absolute Gasteiger partial charge is 0.0426 e. The monoisotopic (exact) mass is 315 g/mol. The molecule has 1 aliphatic rings. The minimum Gasteiger partial charge on any atom is -0.371 e. The average molecular weight is 317 g/mol. The molecule has 0 amide bonds. The van der Waals surface area contributed by atoms with Crippen LogP contribution in [-0.4, -0.2) is 13.1 Å². The Balaban J connectivity index is 2.29. The van der Waals surface area contributed by atoms with Crippen LogP contribution in [0.25, 0.3) is 0 Å². The van der Waals surface area contributed by atoms with Gasteiger partial charge in [-0.3, -0.25) is 0 Å². The van der Waals surface area contributed by atoms with Crippen LogP contribution in [0.1, 0.15) is 32.3 Å². The molecule has 1 saturated heterocycles. The molecule has 1 fully saturated rings. The van der Waals surface area contributed by atoms with Gasteiger partial charge in [-0.05, 0) is 36.0 Å². The first-order chi connectivity index (χ1) is 8.02. The summed E-state index contributed by atoms with van der Waals surface area (Å²) < 4.78 is 0. The highest BCUT2D eigenvalue weighted by molar-refractivity contribution is 9.08. The Morgan fingerprint density at radius 2 is 2.18 bits per heavy atom. The van der Waals surface area contributed by atoms with Crippen molar-refractivity contribution < 1.29 is 0 Å². The maximum absolute atomic E-state index is 6.12. The lowest BCUT2D eigenvalue weighted by atomic mass is 9.84. The van der Waals surface area contributed by atoms with Crippen molar-refractivity contribution in [3.05, 3.63) is 28.8 Å². The van der Waals surface area contributed by atoms with E-state index in [0.717, 1.165) is 23.4 Å². The molecule has 94 valence electrons. The van der Waals surface area contributed by atoms with E-state index in [4.69, 9.17) is 11.6 Å². The van der Waals surface area contributed by atoms with Gasteiger partial charge in [0.15, 0.2) is 0 Å². The molecule has 0 saturated carbocycles. The van der Waals surface area contributed by atoms with E-state index in [2.05, 4.69) is 46.8 Å². The standard InChI is InChI=1S/C14H19BrClN/c1-14(2)6-3-7-17(10-14)13-8-12(16)5-4-11(13)9-15/h4-5,8H,3,6-7,9-10H2,1-2H3. The van der Waals surface area contributed by atoms with Gasteiger partial charge in [0, 0.05) is 29.1 Å². The second-order valence-corrected chi connectivity index (χ2v) is 6.59. The first kappa shape index (κ1) is 13.2. The predicted octanol–water partition coefficient (Wildman–Crippen LogP) is 4.86. The predicted molar refractivity (Wildman–Crippen MR) is 79.3 cm³/mol. The minimum absolute atomic E-state index is 0.407.